The van der Waals surface area contributed by atoms with Crippen LogP contribution in [0.15, 0.2) is 18.2 Å². The number of halogens is 3. The van der Waals surface area contributed by atoms with Crippen LogP contribution in [-0.4, -0.2) is 7.05 Å². The van der Waals surface area contributed by atoms with Gasteiger partial charge in [-0.25, -0.2) is 0 Å². The molecule has 0 unspecified atom stereocenters. The number of hydrogen-bond acceptors (Lipinski definition) is 2. The van der Waals surface area contributed by atoms with Gasteiger partial charge in [-0.15, -0.1) is 0 Å². The lowest BCUT2D eigenvalue weighted by Crippen LogP contribution is -2.11. The maximum Gasteiger partial charge on any atom is 0.418 e. The molecule has 5 heteroatoms. The molecule has 0 amide bonds. The highest BCUT2D eigenvalue weighted by Gasteiger charge is 2.32. The third kappa shape index (κ3) is 2.38. The molecule has 1 aromatic rings. The molecule has 0 fully saturated rings. The third-order valence-corrected chi connectivity index (χ3v) is 1.80. The van der Waals surface area contributed by atoms with Crippen LogP contribution in [0.2, 0.25) is 0 Å². The summed E-state index contributed by atoms with van der Waals surface area (Å²) < 4.78 is 36.8. The number of nitrogen functional groups attached to an aromatic ring is 1. The number of rotatable bonds is 2. The Labute approximate surface area is 79.9 Å². The number of alkyl halides is 3. The molecule has 2 nitrogen and oxygen atoms in total. The predicted molar refractivity (Wildman–Crippen MR) is 48.6 cm³/mol. The van der Waals surface area contributed by atoms with Crippen LogP contribution in [0.1, 0.15) is 11.1 Å². The smallest absolute Gasteiger partial charge is 0.398 e. The molecule has 0 saturated heterocycles. The third-order valence-electron chi connectivity index (χ3n) is 1.80. The standard InChI is InChI=1S/C9H11F3N2/c1-14-5-6-2-3-7(8(13)4-6)9(10,11)12/h2-4,14H,5,13H2,1H3. The van der Waals surface area contributed by atoms with Crippen LogP contribution in [0.4, 0.5) is 18.9 Å². The first-order valence-electron chi connectivity index (χ1n) is 4.05. The molecule has 1 rings (SSSR count). The van der Waals surface area contributed by atoms with Crippen molar-refractivity contribution in [2.45, 2.75) is 12.7 Å². The Bertz CT molecular complexity index is 320. The average molecular weight is 204 g/mol. The molecule has 0 atom stereocenters. The zero-order valence-corrected chi connectivity index (χ0v) is 7.65. The summed E-state index contributed by atoms with van der Waals surface area (Å²) in [6.07, 6.45) is -4.37. The van der Waals surface area contributed by atoms with Gasteiger partial charge in [0.2, 0.25) is 0 Å². The van der Waals surface area contributed by atoms with Crippen LogP contribution in [0.25, 0.3) is 0 Å². The second-order valence-corrected chi connectivity index (χ2v) is 2.95. The van der Waals surface area contributed by atoms with Crippen molar-refractivity contribution in [1.82, 2.24) is 5.32 Å². The van der Waals surface area contributed by atoms with Gasteiger partial charge in [-0.1, -0.05) is 6.07 Å². The van der Waals surface area contributed by atoms with Crippen LogP contribution in [-0.2, 0) is 12.7 Å². The normalized spacial score (nSPS) is 11.7. The first-order valence-corrected chi connectivity index (χ1v) is 4.05. The molecule has 0 saturated carbocycles. The molecule has 14 heavy (non-hydrogen) atoms. The van der Waals surface area contributed by atoms with Gasteiger partial charge >= 0.3 is 6.18 Å². The lowest BCUT2D eigenvalue weighted by atomic mass is 10.1. The Morgan fingerprint density at radius 2 is 2.00 bits per heavy atom. The van der Waals surface area contributed by atoms with Crippen LogP contribution < -0.4 is 11.1 Å². The summed E-state index contributed by atoms with van der Waals surface area (Å²) in [6.45, 7) is 0.502. The average Bonchev–Trinajstić information content (AvgIpc) is 2.02. The molecule has 78 valence electrons. The summed E-state index contributed by atoms with van der Waals surface area (Å²) in [4.78, 5) is 0. The largest absolute Gasteiger partial charge is 0.418 e. The van der Waals surface area contributed by atoms with E-state index < -0.39 is 11.7 Å². The van der Waals surface area contributed by atoms with E-state index >= 15 is 0 Å². The van der Waals surface area contributed by atoms with Crippen LogP contribution in [0.3, 0.4) is 0 Å². The van der Waals surface area contributed by atoms with Crippen molar-refractivity contribution >= 4 is 5.69 Å². The molecule has 0 aromatic heterocycles. The molecule has 0 aliphatic heterocycles. The number of anilines is 1. The Hall–Kier alpha value is -1.23. The fraction of sp³-hybridized carbons (Fsp3) is 0.333. The summed E-state index contributed by atoms with van der Waals surface area (Å²) >= 11 is 0. The van der Waals surface area contributed by atoms with Crippen LogP contribution >= 0.6 is 0 Å². The van der Waals surface area contributed by atoms with Crippen molar-refractivity contribution in [2.75, 3.05) is 12.8 Å². The van der Waals surface area contributed by atoms with Crippen molar-refractivity contribution in [1.29, 1.82) is 0 Å². The highest BCUT2D eigenvalue weighted by atomic mass is 19.4. The number of nitrogens with two attached hydrogens (primary N) is 1. The van der Waals surface area contributed by atoms with Gasteiger partial charge in [-0.3, -0.25) is 0 Å². The molecule has 0 radical (unpaired) electrons. The van der Waals surface area contributed by atoms with E-state index in [1.165, 1.54) is 12.1 Å². The lowest BCUT2D eigenvalue weighted by Gasteiger charge is -2.10. The minimum Gasteiger partial charge on any atom is -0.398 e. The van der Waals surface area contributed by atoms with E-state index in [1.807, 2.05) is 0 Å². The Morgan fingerprint density at radius 3 is 2.43 bits per heavy atom. The van der Waals surface area contributed by atoms with Gasteiger partial charge in [-0.05, 0) is 24.7 Å². The van der Waals surface area contributed by atoms with E-state index in [0.29, 0.717) is 6.54 Å². The topological polar surface area (TPSA) is 38.0 Å². The first kappa shape index (κ1) is 10.8. The highest BCUT2D eigenvalue weighted by molar-refractivity contribution is 5.50. The molecule has 0 aliphatic rings. The Morgan fingerprint density at radius 1 is 1.36 bits per heavy atom. The molecule has 0 bridgehead atoms. The van der Waals surface area contributed by atoms with Gasteiger partial charge in [0.05, 0.1) is 5.56 Å². The van der Waals surface area contributed by atoms with E-state index in [1.54, 1.807) is 7.05 Å². The second kappa shape index (κ2) is 3.88. The molecular weight excluding hydrogens is 193 g/mol. The minimum atomic E-state index is -4.37. The van der Waals surface area contributed by atoms with Gasteiger partial charge in [0.25, 0.3) is 0 Å². The molecule has 0 spiro atoms. The highest BCUT2D eigenvalue weighted by Crippen LogP contribution is 2.33. The Kier molecular flexibility index (Phi) is 3.00. The molecule has 0 heterocycles. The lowest BCUT2D eigenvalue weighted by molar-refractivity contribution is -0.136. The van der Waals surface area contributed by atoms with E-state index in [4.69, 9.17) is 5.73 Å². The Balaban J connectivity index is 3.02. The van der Waals surface area contributed by atoms with E-state index in [-0.39, 0.29) is 5.69 Å². The fourth-order valence-corrected chi connectivity index (χ4v) is 1.18. The van der Waals surface area contributed by atoms with Gasteiger partial charge < -0.3 is 11.1 Å². The zero-order valence-electron chi connectivity index (χ0n) is 7.65. The van der Waals surface area contributed by atoms with E-state index in [0.717, 1.165) is 11.6 Å². The van der Waals surface area contributed by atoms with Crippen LogP contribution in [0.5, 0.6) is 0 Å². The van der Waals surface area contributed by atoms with Crippen molar-refractivity contribution in [2.24, 2.45) is 0 Å². The zero-order chi connectivity index (χ0) is 10.8. The number of hydrogen-bond donors (Lipinski definition) is 2. The summed E-state index contributed by atoms with van der Waals surface area (Å²) in [5.41, 5.74) is 5.01. The van der Waals surface area contributed by atoms with Crippen molar-refractivity contribution in [3.05, 3.63) is 29.3 Å². The van der Waals surface area contributed by atoms with Crippen molar-refractivity contribution in [3.63, 3.8) is 0 Å². The number of nitrogens with one attached hydrogen (secondary N) is 1. The molecule has 3 N–H and O–H groups in total. The van der Waals surface area contributed by atoms with Crippen molar-refractivity contribution in [3.8, 4) is 0 Å². The molecule has 1 aromatic carbocycles. The molecular formula is C9H11F3N2. The molecule has 0 aliphatic carbocycles. The van der Waals surface area contributed by atoms with Crippen LogP contribution in [0, 0.1) is 0 Å². The van der Waals surface area contributed by atoms with Gasteiger partial charge in [0.1, 0.15) is 0 Å². The first-order chi connectivity index (χ1) is 6.45. The summed E-state index contributed by atoms with van der Waals surface area (Å²) in [7, 11) is 1.72. The number of benzene rings is 1. The maximum absolute atomic E-state index is 12.3. The maximum atomic E-state index is 12.3. The second-order valence-electron chi connectivity index (χ2n) is 2.95. The monoisotopic (exact) mass is 204 g/mol. The SMILES string of the molecule is CNCc1ccc(C(F)(F)F)c(N)c1. The predicted octanol–water partition coefficient (Wildman–Crippen LogP) is 2.01. The van der Waals surface area contributed by atoms with Gasteiger partial charge in [0.15, 0.2) is 0 Å². The van der Waals surface area contributed by atoms with Crippen molar-refractivity contribution < 1.29 is 13.2 Å². The quantitative estimate of drug-likeness (QED) is 0.723. The van der Waals surface area contributed by atoms with E-state index in [9.17, 15) is 13.2 Å². The van der Waals surface area contributed by atoms with Gasteiger partial charge in [0, 0.05) is 12.2 Å². The fourth-order valence-electron chi connectivity index (χ4n) is 1.18. The summed E-state index contributed by atoms with van der Waals surface area (Å²) in [6, 6.07) is 3.75. The van der Waals surface area contributed by atoms with E-state index in [2.05, 4.69) is 5.32 Å². The summed E-state index contributed by atoms with van der Waals surface area (Å²) in [5, 5.41) is 2.83. The summed E-state index contributed by atoms with van der Waals surface area (Å²) in [5.74, 6) is 0. The van der Waals surface area contributed by atoms with Gasteiger partial charge in [-0.2, -0.15) is 13.2 Å². The minimum absolute atomic E-state index is 0.231.